The Balaban J connectivity index is 1.76. The third kappa shape index (κ3) is 4.07. The van der Waals surface area contributed by atoms with Crippen LogP contribution < -0.4 is 5.32 Å². The minimum absolute atomic E-state index is 0.0583. The van der Waals surface area contributed by atoms with E-state index in [2.05, 4.69) is 5.32 Å². The van der Waals surface area contributed by atoms with Gasteiger partial charge in [-0.1, -0.05) is 0 Å². The molecule has 0 aromatic heterocycles. The van der Waals surface area contributed by atoms with Crippen LogP contribution in [0.4, 0.5) is 4.79 Å². The van der Waals surface area contributed by atoms with Crippen LogP contribution >= 0.6 is 0 Å². The van der Waals surface area contributed by atoms with Crippen LogP contribution in [0, 0.1) is 5.92 Å². The van der Waals surface area contributed by atoms with Crippen molar-refractivity contribution in [1.82, 2.24) is 15.1 Å². The average molecular weight is 299 g/mol. The number of piperazine rings is 1. The maximum absolute atomic E-state index is 12.2. The molecule has 2 N–H and O–H groups in total. The number of aliphatic carboxylic acids is 1. The van der Waals surface area contributed by atoms with Gasteiger partial charge in [0.1, 0.15) is 6.04 Å². The van der Waals surface area contributed by atoms with Crippen molar-refractivity contribution in [2.45, 2.75) is 32.4 Å². The number of amides is 2. The smallest absolute Gasteiger partial charge is 0.320 e. The fourth-order valence-electron chi connectivity index (χ4n) is 2.82. The molecule has 0 radical (unpaired) electrons. The summed E-state index contributed by atoms with van der Waals surface area (Å²) in [5.41, 5.74) is 0. The molecule has 3 atom stereocenters. The zero-order valence-corrected chi connectivity index (χ0v) is 12.7. The lowest BCUT2D eigenvalue weighted by molar-refractivity contribution is -0.143. The van der Waals surface area contributed by atoms with Crippen molar-refractivity contribution in [2.24, 2.45) is 5.92 Å². The summed E-state index contributed by atoms with van der Waals surface area (Å²) in [6.45, 7) is 7.51. The number of carbonyl (C=O) groups is 2. The number of urea groups is 1. The lowest BCUT2D eigenvalue weighted by Crippen LogP contribution is -2.56. The molecule has 2 rings (SSSR count). The van der Waals surface area contributed by atoms with Crippen molar-refractivity contribution >= 4 is 12.0 Å². The number of hydrogen-bond donors (Lipinski definition) is 2. The molecule has 120 valence electrons. The Bertz CT molecular complexity index is 376. The summed E-state index contributed by atoms with van der Waals surface area (Å²) >= 11 is 0. The van der Waals surface area contributed by atoms with Crippen molar-refractivity contribution in [3.63, 3.8) is 0 Å². The van der Waals surface area contributed by atoms with Crippen LogP contribution in [-0.4, -0.2) is 78.4 Å². The molecule has 2 heterocycles. The second kappa shape index (κ2) is 7.09. The highest BCUT2D eigenvalue weighted by Crippen LogP contribution is 2.16. The van der Waals surface area contributed by atoms with Gasteiger partial charge in [0.25, 0.3) is 0 Å². The van der Waals surface area contributed by atoms with Crippen molar-refractivity contribution in [2.75, 3.05) is 39.4 Å². The van der Waals surface area contributed by atoms with Gasteiger partial charge in [-0.25, -0.2) is 4.79 Å². The molecule has 2 saturated heterocycles. The van der Waals surface area contributed by atoms with E-state index in [1.54, 1.807) is 11.8 Å². The van der Waals surface area contributed by atoms with E-state index in [1.807, 2.05) is 11.8 Å². The summed E-state index contributed by atoms with van der Waals surface area (Å²) in [6.07, 6.45) is 0.991. The van der Waals surface area contributed by atoms with Gasteiger partial charge >= 0.3 is 12.0 Å². The molecular formula is C14H25N3O4. The van der Waals surface area contributed by atoms with Gasteiger partial charge in [-0.2, -0.15) is 0 Å². The number of rotatable bonds is 4. The predicted molar refractivity (Wildman–Crippen MR) is 77.2 cm³/mol. The van der Waals surface area contributed by atoms with Gasteiger partial charge in [0.05, 0.1) is 6.61 Å². The number of nitrogens with one attached hydrogen (secondary N) is 1. The number of hydrogen-bond acceptors (Lipinski definition) is 4. The van der Waals surface area contributed by atoms with Crippen LogP contribution in [0.2, 0.25) is 0 Å². The first-order valence-corrected chi connectivity index (χ1v) is 7.59. The normalized spacial score (nSPS) is 26.4. The summed E-state index contributed by atoms with van der Waals surface area (Å²) in [6, 6.07) is -0.447. The molecule has 0 bridgehead atoms. The lowest BCUT2D eigenvalue weighted by Gasteiger charge is -2.37. The number of nitrogens with zero attached hydrogens (tertiary/aromatic N) is 2. The molecule has 0 aromatic rings. The highest BCUT2D eigenvalue weighted by atomic mass is 16.5. The third-order valence-electron chi connectivity index (χ3n) is 4.53. The lowest BCUT2D eigenvalue weighted by atomic mass is 10.0. The monoisotopic (exact) mass is 299 g/mol. The van der Waals surface area contributed by atoms with Gasteiger partial charge in [-0.3, -0.25) is 9.69 Å². The van der Waals surface area contributed by atoms with Crippen LogP contribution in [0.3, 0.4) is 0 Å². The second-order valence-electron chi connectivity index (χ2n) is 5.90. The van der Waals surface area contributed by atoms with Crippen molar-refractivity contribution in [3.8, 4) is 0 Å². The van der Waals surface area contributed by atoms with Crippen LogP contribution in [0.5, 0.6) is 0 Å². The maximum atomic E-state index is 12.2. The fourth-order valence-corrected chi connectivity index (χ4v) is 2.82. The third-order valence-corrected chi connectivity index (χ3v) is 4.53. The van der Waals surface area contributed by atoms with E-state index in [9.17, 15) is 9.59 Å². The molecular weight excluding hydrogens is 274 g/mol. The molecule has 2 fully saturated rings. The van der Waals surface area contributed by atoms with Gasteiger partial charge in [0.2, 0.25) is 0 Å². The molecule has 3 unspecified atom stereocenters. The highest BCUT2D eigenvalue weighted by molar-refractivity contribution is 5.75. The quantitative estimate of drug-likeness (QED) is 0.775. The number of carbonyl (C=O) groups excluding carboxylic acids is 1. The van der Waals surface area contributed by atoms with E-state index in [1.165, 1.54) is 0 Å². The first-order valence-electron chi connectivity index (χ1n) is 7.59. The molecule has 7 nitrogen and oxygen atoms in total. The van der Waals surface area contributed by atoms with Gasteiger partial charge in [-0.05, 0) is 20.3 Å². The van der Waals surface area contributed by atoms with E-state index in [-0.39, 0.29) is 12.1 Å². The Morgan fingerprint density at radius 1 is 1.24 bits per heavy atom. The molecule has 0 spiro atoms. The van der Waals surface area contributed by atoms with Gasteiger partial charge in [0, 0.05) is 44.7 Å². The zero-order valence-electron chi connectivity index (χ0n) is 12.7. The van der Waals surface area contributed by atoms with E-state index < -0.39 is 12.0 Å². The predicted octanol–water partition coefficient (Wildman–Crippen LogP) is 0.212. The van der Waals surface area contributed by atoms with Gasteiger partial charge in [0.15, 0.2) is 0 Å². The highest BCUT2D eigenvalue weighted by Gasteiger charge is 2.29. The minimum atomic E-state index is -0.817. The first-order chi connectivity index (χ1) is 9.99. The molecule has 21 heavy (non-hydrogen) atoms. The minimum Gasteiger partial charge on any atom is -0.480 e. The van der Waals surface area contributed by atoms with E-state index in [0.29, 0.717) is 38.7 Å². The fraction of sp³-hybridized carbons (Fsp3) is 0.857. The van der Waals surface area contributed by atoms with E-state index >= 15 is 0 Å². The molecule has 2 amide bonds. The largest absolute Gasteiger partial charge is 0.480 e. The van der Waals surface area contributed by atoms with Crippen molar-refractivity contribution in [1.29, 1.82) is 0 Å². The van der Waals surface area contributed by atoms with Crippen LogP contribution in [-0.2, 0) is 9.53 Å². The van der Waals surface area contributed by atoms with Gasteiger partial charge in [-0.15, -0.1) is 0 Å². The maximum Gasteiger partial charge on any atom is 0.320 e. The summed E-state index contributed by atoms with van der Waals surface area (Å²) in [5.74, 6) is -0.426. The standard InChI is InChI=1S/C14H25N3O4/c1-10(12-3-8-21-9-12)15-14(20)17-6-4-16(5-7-17)11(2)13(18)19/h10-12H,3-9H2,1-2H3,(H,15,20)(H,18,19). The van der Waals surface area contributed by atoms with E-state index in [0.717, 1.165) is 13.0 Å². The Morgan fingerprint density at radius 2 is 1.90 bits per heavy atom. The van der Waals surface area contributed by atoms with Crippen molar-refractivity contribution in [3.05, 3.63) is 0 Å². The zero-order chi connectivity index (χ0) is 15.4. The average Bonchev–Trinajstić information content (AvgIpc) is 3.00. The Morgan fingerprint density at radius 3 is 2.43 bits per heavy atom. The summed E-state index contributed by atoms with van der Waals surface area (Å²) in [4.78, 5) is 26.8. The van der Waals surface area contributed by atoms with Crippen LogP contribution in [0.15, 0.2) is 0 Å². The molecule has 0 saturated carbocycles. The van der Waals surface area contributed by atoms with Crippen molar-refractivity contribution < 1.29 is 19.4 Å². The Hall–Kier alpha value is -1.34. The number of carboxylic acid groups (broad SMARTS) is 1. The topological polar surface area (TPSA) is 82.1 Å². The van der Waals surface area contributed by atoms with Crippen LogP contribution in [0.1, 0.15) is 20.3 Å². The summed E-state index contributed by atoms with van der Waals surface area (Å²) in [5, 5.41) is 12.0. The molecule has 2 aliphatic heterocycles. The molecule has 0 aliphatic carbocycles. The summed E-state index contributed by atoms with van der Waals surface area (Å²) < 4.78 is 5.34. The Labute approximate surface area is 125 Å². The van der Waals surface area contributed by atoms with Gasteiger partial charge < -0.3 is 20.1 Å². The first kappa shape index (κ1) is 16.0. The number of carboxylic acids is 1. The second-order valence-corrected chi connectivity index (χ2v) is 5.90. The SMILES string of the molecule is CC(NC(=O)N1CCN(C(C)C(=O)O)CC1)C1CCOC1. The molecule has 0 aromatic carbocycles. The number of ether oxygens (including phenoxy) is 1. The Kier molecular flexibility index (Phi) is 5.41. The molecule has 2 aliphatic rings. The van der Waals surface area contributed by atoms with E-state index in [4.69, 9.17) is 9.84 Å². The summed E-state index contributed by atoms with van der Waals surface area (Å²) in [7, 11) is 0. The van der Waals surface area contributed by atoms with Crippen LogP contribution in [0.25, 0.3) is 0 Å². The molecule has 7 heteroatoms.